The fraction of sp³-hybridized carbons (Fsp3) is 0.200. The zero-order valence-corrected chi connectivity index (χ0v) is 14.5. The minimum absolute atomic E-state index is 0.0834. The third kappa shape index (κ3) is 3.17. The van der Waals surface area contributed by atoms with Gasteiger partial charge in [0.05, 0.1) is 17.8 Å². The van der Waals surface area contributed by atoms with Crippen LogP contribution in [0.1, 0.15) is 23.2 Å². The normalized spacial score (nSPS) is 12.8. The lowest BCUT2D eigenvalue weighted by Gasteiger charge is -2.11. The Labute approximate surface area is 151 Å². The Morgan fingerprint density at radius 3 is 2.64 bits per heavy atom. The van der Waals surface area contributed by atoms with Gasteiger partial charge in [0.25, 0.3) is 0 Å². The maximum atomic E-state index is 12.6. The molecule has 1 N–H and O–H groups in total. The van der Waals surface area contributed by atoms with Gasteiger partial charge >= 0.3 is 0 Å². The standard InChI is InChI=1S/C20H18ClN3O/c21-17-11-5-4-7-14(17)13-19(25)22-20-16-10-6-12-18(16)23-24(20)15-8-2-1-3-9-15/h1-5,7-9,11H,6,10,12-13H2,(H,22,25). The second kappa shape index (κ2) is 6.73. The van der Waals surface area contributed by atoms with Crippen LogP contribution in [0.3, 0.4) is 0 Å². The van der Waals surface area contributed by atoms with Crippen molar-refractivity contribution in [3.8, 4) is 5.69 Å². The lowest BCUT2D eigenvalue weighted by Crippen LogP contribution is -2.18. The minimum Gasteiger partial charge on any atom is -0.310 e. The molecule has 1 aliphatic rings. The summed E-state index contributed by atoms with van der Waals surface area (Å²) in [7, 11) is 0. The number of nitrogens with zero attached hydrogens (tertiary/aromatic N) is 2. The zero-order chi connectivity index (χ0) is 17.2. The summed E-state index contributed by atoms with van der Waals surface area (Å²) in [5, 5.41) is 8.39. The third-order valence-electron chi connectivity index (χ3n) is 4.47. The first-order chi connectivity index (χ1) is 12.2. The van der Waals surface area contributed by atoms with Gasteiger partial charge in [-0.05, 0) is 43.0 Å². The maximum absolute atomic E-state index is 12.6. The molecule has 0 bridgehead atoms. The number of rotatable bonds is 4. The van der Waals surface area contributed by atoms with Gasteiger partial charge in [0.2, 0.25) is 5.91 Å². The number of anilines is 1. The molecule has 0 unspecified atom stereocenters. The topological polar surface area (TPSA) is 46.9 Å². The van der Waals surface area contributed by atoms with E-state index >= 15 is 0 Å². The number of carbonyl (C=O) groups excluding carboxylic acids is 1. The van der Waals surface area contributed by atoms with Crippen molar-refractivity contribution in [1.29, 1.82) is 0 Å². The second-order valence-electron chi connectivity index (χ2n) is 6.19. The van der Waals surface area contributed by atoms with E-state index in [-0.39, 0.29) is 12.3 Å². The highest BCUT2D eigenvalue weighted by Gasteiger charge is 2.24. The van der Waals surface area contributed by atoms with Gasteiger partial charge < -0.3 is 5.32 Å². The second-order valence-corrected chi connectivity index (χ2v) is 6.60. The molecule has 126 valence electrons. The van der Waals surface area contributed by atoms with Crippen LogP contribution in [0.15, 0.2) is 54.6 Å². The van der Waals surface area contributed by atoms with Crippen molar-refractivity contribution in [3.05, 3.63) is 76.4 Å². The van der Waals surface area contributed by atoms with Gasteiger partial charge in [-0.1, -0.05) is 48.0 Å². The number of amides is 1. The number of para-hydroxylation sites is 1. The minimum atomic E-state index is -0.0834. The summed E-state index contributed by atoms with van der Waals surface area (Å²) in [6.45, 7) is 0. The van der Waals surface area contributed by atoms with Crippen molar-refractivity contribution in [1.82, 2.24) is 9.78 Å². The van der Waals surface area contributed by atoms with Gasteiger partial charge in [-0.15, -0.1) is 0 Å². The van der Waals surface area contributed by atoms with E-state index in [9.17, 15) is 4.79 Å². The van der Waals surface area contributed by atoms with Crippen LogP contribution in [0.4, 0.5) is 5.82 Å². The maximum Gasteiger partial charge on any atom is 0.230 e. The monoisotopic (exact) mass is 351 g/mol. The molecule has 2 aromatic carbocycles. The lowest BCUT2D eigenvalue weighted by atomic mass is 10.1. The molecule has 1 aliphatic carbocycles. The number of nitrogens with one attached hydrogen (secondary N) is 1. The van der Waals surface area contributed by atoms with Crippen molar-refractivity contribution in [2.45, 2.75) is 25.7 Å². The van der Waals surface area contributed by atoms with Crippen molar-refractivity contribution in [3.63, 3.8) is 0 Å². The van der Waals surface area contributed by atoms with Crippen LogP contribution in [0, 0.1) is 0 Å². The number of hydrogen-bond donors (Lipinski definition) is 1. The number of carbonyl (C=O) groups is 1. The Hall–Kier alpha value is -2.59. The Balaban J connectivity index is 1.64. The zero-order valence-electron chi connectivity index (χ0n) is 13.7. The summed E-state index contributed by atoms with van der Waals surface area (Å²) in [5.41, 5.74) is 4.00. The molecular weight excluding hydrogens is 334 g/mol. The van der Waals surface area contributed by atoms with E-state index in [0.717, 1.165) is 47.6 Å². The Morgan fingerprint density at radius 1 is 1.08 bits per heavy atom. The van der Waals surface area contributed by atoms with Crippen molar-refractivity contribution >= 4 is 23.3 Å². The number of aryl methyl sites for hydroxylation is 1. The first-order valence-corrected chi connectivity index (χ1v) is 8.79. The van der Waals surface area contributed by atoms with E-state index in [2.05, 4.69) is 5.32 Å². The summed E-state index contributed by atoms with van der Waals surface area (Å²) in [6.07, 6.45) is 3.24. The number of halogens is 1. The number of fused-ring (bicyclic) bond motifs is 1. The molecule has 3 aromatic rings. The smallest absolute Gasteiger partial charge is 0.230 e. The van der Waals surface area contributed by atoms with Crippen LogP contribution in [0.5, 0.6) is 0 Å². The molecule has 1 heterocycles. The van der Waals surface area contributed by atoms with E-state index < -0.39 is 0 Å². The molecule has 25 heavy (non-hydrogen) atoms. The van der Waals surface area contributed by atoms with E-state index in [0.29, 0.717) is 5.02 Å². The molecule has 4 rings (SSSR count). The molecule has 0 saturated heterocycles. The summed E-state index contributed by atoms with van der Waals surface area (Å²) in [5.74, 6) is 0.704. The quantitative estimate of drug-likeness (QED) is 0.765. The molecular formula is C20H18ClN3O. The van der Waals surface area contributed by atoms with E-state index in [1.165, 1.54) is 0 Å². The third-order valence-corrected chi connectivity index (χ3v) is 4.84. The van der Waals surface area contributed by atoms with Gasteiger partial charge in [0.1, 0.15) is 5.82 Å². The number of hydrogen-bond acceptors (Lipinski definition) is 2. The summed E-state index contributed by atoms with van der Waals surface area (Å²) in [6, 6.07) is 17.3. The fourth-order valence-electron chi connectivity index (χ4n) is 3.27. The molecule has 0 radical (unpaired) electrons. The van der Waals surface area contributed by atoms with Gasteiger partial charge in [-0.2, -0.15) is 5.10 Å². The lowest BCUT2D eigenvalue weighted by molar-refractivity contribution is -0.115. The average molecular weight is 352 g/mol. The van der Waals surface area contributed by atoms with Crippen LogP contribution in [-0.2, 0) is 24.1 Å². The molecule has 0 spiro atoms. The molecule has 0 atom stereocenters. The summed E-state index contributed by atoms with van der Waals surface area (Å²) >= 11 is 6.17. The number of benzene rings is 2. The van der Waals surface area contributed by atoms with Crippen LogP contribution < -0.4 is 5.32 Å². The Morgan fingerprint density at radius 2 is 1.84 bits per heavy atom. The number of aromatic nitrogens is 2. The Kier molecular flexibility index (Phi) is 4.28. The molecule has 0 fully saturated rings. The van der Waals surface area contributed by atoms with Crippen LogP contribution in [0.2, 0.25) is 5.02 Å². The highest BCUT2D eigenvalue weighted by Crippen LogP contribution is 2.31. The van der Waals surface area contributed by atoms with Crippen molar-refractivity contribution in [2.75, 3.05) is 5.32 Å². The van der Waals surface area contributed by atoms with Gasteiger partial charge in [0, 0.05) is 10.6 Å². The SMILES string of the molecule is O=C(Cc1ccccc1Cl)Nc1c2c(nn1-c1ccccc1)CCC2. The van der Waals surface area contributed by atoms with E-state index in [1.54, 1.807) is 6.07 Å². The van der Waals surface area contributed by atoms with Gasteiger partial charge in [-0.25, -0.2) is 4.68 Å². The predicted molar refractivity (Wildman–Crippen MR) is 99.4 cm³/mol. The van der Waals surface area contributed by atoms with Crippen molar-refractivity contribution < 1.29 is 4.79 Å². The molecule has 1 aromatic heterocycles. The van der Waals surface area contributed by atoms with E-state index in [1.807, 2.05) is 53.2 Å². The van der Waals surface area contributed by atoms with Gasteiger partial charge in [0.15, 0.2) is 0 Å². The predicted octanol–water partition coefficient (Wildman–Crippen LogP) is 4.20. The first-order valence-electron chi connectivity index (χ1n) is 8.42. The van der Waals surface area contributed by atoms with Crippen LogP contribution in [0.25, 0.3) is 5.69 Å². The average Bonchev–Trinajstić information content (AvgIpc) is 3.20. The van der Waals surface area contributed by atoms with Crippen molar-refractivity contribution in [2.24, 2.45) is 0 Å². The molecule has 5 heteroatoms. The largest absolute Gasteiger partial charge is 0.310 e. The van der Waals surface area contributed by atoms with Crippen LogP contribution >= 0.6 is 11.6 Å². The molecule has 0 aliphatic heterocycles. The molecule has 0 saturated carbocycles. The summed E-state index contributed by atoms with van der Waals surface area (Å²) < 4.78 is 1.84. The van der Waals surface area contributed by atoms with E-state index in [4.69, 9.17) is 16.7 Å². The highest BCUT2D eigenvalue weighted by atomic mass is 35.5. The van der Waals surface area contributed by atoms with Gasteiger partial charge in [-0.3, -0.25) is 4.79 Å². The highest BCUT2D eigenvalue weighted by molar-refractivity contribution is 6.31. The summed E-state index contributed by atoms with van der Waals surface area (Å²) in [4.78, 5) is 12.6. The van der Waals surface area contributed by atoms with Crippen LogP contribution in [-0.4, -0.2) is 15.7 Å². The first kappa shape index (κ1) is 15.9. The molecule has 1 amide bonds. The molecule has 4 nitrogen and oxygen atoms in total. The Bertz CT molecular complexity index is 918. The fourth-order valence-corrected chi connectivity index (χ4v) is 3.47.